The summed E-state index contributed by atoms with van der Waals surface area (Å²) in [6.45, 7) is 4.80. The van der Waals surface area contributed by atoms with Gasteiger partial charge in [0.05, 0.1) is 24.3 Å². The maximum absolute atomic E-state index is 8.90. The Morgan fingerprint density at radius 1 is 1.45 bits per heavy atom. The number of fused-ring (bicyclic) bond motifs is 1. The summed E-state index contributed by atoms with van der Waals surface area (Å²) in [6, 6.07) is 8.49. The van der Waals surface area contributed by atoms with E-state index in [1.54, 1.807) is 0 Å². The van der Waals surface area contributed by atoms with E-state index in [0.29, 0.717) is 17.7 Å². The van der Waals surface area contributed by atoms with E-state index in [-0.39, 0.29) is 0 Å². The van der Waals surface area contributed by atoms with Crippen molar-refractivity contribution in [1.29, 1.82) is 5.26 Å². The third-order valence-electron chi connectivity index (χ3n) is 4.23. The highest BCUT2D eigenvalue weighted by molar-refractivity contribution is 9.10. The van der Waals surface area contributed by atoms with Gasteiger partial charge in [0.15, 0.2) is 0 Å². The van der Waals surface area contributed by atoms with Crippen LogP contribution in [0.4, 0.5) is 0 Å². The lowest BCUT2D eigenvalue weighted by Crippen LogP contribution is -2.48. The van der Waals surface area contributed by atoms with Gasteiger partial charge < -0.3 is 4.74 Å². The van der Waals surface area contributed by atoms with Gasteiger partial charge in [-0.3, -0.25) is 9.80 Å². The largest absolute Gasteiger partial charge is 0.374 e. The minimum atomic E-state index is 0.339. The van der Waals surface area contributed by atoms with Crippen molar-refractivity contribution in [2.45, 2.75) is 18.7 Å². The number of nitrogens with zero attached hydrogens (tertiary/aromatic N) is 3. The van der Waals surface area contributed by atoms with E-state index < -0.39 is 0 Å². The Morgan fingerprint density at radius 3 is 3.00 bits per heavy atom. The number of benzene rings is 1. The average molecular weight is 336 g/mol. The molecular weight excluding hydrogens is 318 g/mol. The standard InChI is InChI=1S/C15H18BrN3O/c1-18-4-5-20-15-10-19(9-14(15)18)8-12-3-2-11(7-17)6-13(12)16/h2-3,6,14-15H,4-5,8-10H2,1H3/t14-,15+/m0/s1. The van der Waals surface area contributed by atoms with Gasteiger partial charge in [-0.05, 0) is 24.7 Å². The first-order valence-corrected chi connectivity index (χ1v) is 7.69. The van der Waals surface area contributed by atoms with Gasteiger partial charge in [0.2, 0.25) is 0 Å². The van der Waals surface area contributed by atoms with Gasteiger partial charge >= 0.3 is 0 Å². The van der Waals surface area contributed by atoms with E-state index >= 15 is 0 Å². The predicted molar refractivity (Wildman–Crippen MR) is 80.3 cm³/mol. The van der Waals surface area contributed by atoms with Crippen LogP contribution in [0.3, 0.4) is 0 Å². The molecule has 2 atom stereocenters. The second-order valence-electron chi connectivity index (χ2n) is 5.57. The summed E-state index contributed by atoms with van der Waals surface area (Å²) in [5, 5.41) is 8.90. The second-order valence-corrected chi connectivity index (χ2v) is 6.42. The van der Waals surface area contributed by atoms with E-state index in [1.807, 2.05) is 18.2 Å². The number of ether oxygens (including phenoxy) is 1. The van der Waals surface area contributed by atoms with Crippen LogP contribution < -0.4 is 0 Å². The highest BCUT2D eigenvalue weighted by Gasteiger charge is 2.38. The highest BCUT2D eigenvalue weighted by Crippen LogP contribution is 2.26. The Balaban J connectivity index is 1.69. The molecule has 0 spiro atoms. The lowest BCUT2D eigenvalue weighted by atomic mass is 10.1. The average Bonchev–Trinajstić information content (AvgIpc) is 2.85. The van der Waals surface area contributed by atoms with Crippen LogP contribution in [0.25, 0.3) is 0 Å². The third-order valence-corrected chi connectivity index (χ3v) is 4.97. The van der Waals surface area contributed by atoms with E-state index in [2.05, 4.69) is 38.8 Å². The van der Waals surface area contributed by atoms with Crippen LogP contribution in [0.15, 0.2) is 22.7 Å². The van der Waals surface area contributed by atoms with Gasteiger partial charge in [-0.15, -0.1) is 0 Å². The third kappa shape index (κ3) is 2.75. The first kappa shape index (κ1) is 14.0. The molecule has 1 aromatic rings. The van der Waals surface area contributed by atoms with E-state index in [0.717, 1.165) is 37.3 Å². The maximum atomic E-state index is 8.90. The van der Waals surface area contributed by atoms with Crippen LogP contribution in [-0.2, 0) is 11.3 Å². The minimum absolute atomic E-state index is 0.339. The number of hydrogen-bond donors (Lipinski definition) is 0. The van der Waals surface area contributed by atoms with Gasteiger partial charge in [0.1, 0.15) is 0 Å². The molecule has 0 aromatic heterocycles. The number of morpholine rings is 1. The Hall–Kier alpha value is -0.930. The Kier molecular flexibility index (Phi) is 4.08. The Labute approximate surface area is 128 Å². The molecular formula is C15H18BrN3O. The molecule has 0 radical (unpaired) electrons. The summed E-state index contributed by atoms with van der Waals surface area (Å²) in [5.41, 5.74) is 1.92. The van der Waals surface area contributed by atoms with E-state index in [4.69, 9.17) is 10.00 Å². The number of likely N-dealkylation sites (N-methyl/N-ethyl adjacent to an activating group) is 1. The SMILES string of the molecule is CN1CCO[C@@H]2CN(Cc3ccc(C#N)cc3Br)C[C@@H]21. The molecule has 3 rings (SSSR count). The van der Waals surface area contributed by atoms with Crippen LogP contribution in [0, 0.1) is 11.3 Å². The van der Waals surface area contributed by atoms with Crippen molar-refractivity contribution < 1.29 is 4.74 Å². The fraction of sp³-hybridized carbons (Fsp3) is 0.533. The summed E-state index contributed by atoms with van der Waals surface area (Å²) in [6.07, 6.45) is 0.339. The van der Waals surface area contributed by atoms with Crippen LogP contribution in [0.2, 0.25) is 0 Å². The van der Waals surface area contributed by atoms with Crippen molar-refractivity contribution >= 4 is 15.9 Å². The molecule has 0 amide bonds. The van der Waals surface area contributed by atoms with E-state index in [1.165, 1.54) is 5.56 Å². The maximum Gasteiger partial charge on any atom is 0.0992 e. The molecule has 2 aliphatic heterocycles. The van der Waals surface area contributed by atoms with Crippen molar-refractivity contribution in [2.75, 3.05) is 33.3 Å². The van der Waals surface area contributed by atoms with Crippen molar-refractivity contribution in [3.8, 4) is 6.07 Å². The smallest absolute Gasteiger partial charge is 0.0992 e. The zero-order valence-corrected chi connectivity index (χ0v) is 13.1. The molecule has 0 saturated carbocycles. The molecule has 0 unspecified atom stereocenters. The van der Waals surface area contributed by atoms with Crippen LogP contribution in [0.1, 0.15) is 11.1 Å². The number of nitriles is 1. The zero-order valence-electron chi connectivity index (χ0n) is 11.6. The van der Waals surface area contributed by atoms with Gasteiger partial charge in [-0.25, -0.2) is 0 Å². The van der Waals surface area contributed by atoms with Gasteiger partial charge in [0.25, 0.3) is 0 Å². The molecule has 2 heterocycles. The summed E-state index contributed by atoms with van der Waals surface area (Å²) >= 11 is 3.56. The molecule has 0 bridgehead atoms. The highest BCUT2D eigenvalue weighted by atomic mass is 79.9. The molecule has 0 N–H and O–H groups in total. The molecule has 106 valence electrons. The van der Waals surface area contributed by atoms with Crippen LogP contribution in [0.5, 0.6) is 0 Å². The first-order chi connectivity index (χ1) is 9.67. The fourth-order valence-electron chi connectivity index (χ4n) is 3.05. The van der Waals surface area contributed by atoms with Gasteiger partial charge in [-0.1, -0.05) is 22.0 Å². The monoisotopic (exact) mass is 335 g/mol. The van der Waals surface area contributed by atoms with E-state index in [9.17, 15) is 0 Å². The molecule has 4 nitrogen and oxygen atoms in total. The van der Waals surface area contributed by atoms with Crippen molar-refractivity contribution in [1.82, 2.24) is 9.80 Å². The Bertz CT molecular complexity index is 542. The summed E-state index contributed by atoms with van der Waals surface area (Å²) in [5.74, 6) is 0. The van der Waals surface area contributed by atoms with Gasteiger partial charge in [0, 0.05) is 36.7 Å². The number of hydrogen-bond acceptors (Lipinski definition) is 4. The topological polar surface area (TPSA) is 39.5 Å². The van der Waals surface area contributed by atoms with Crippen molar-refractivity contribution in [2.24, 2.45) is 0 Å². The van der Waals surface area contributed by atoms with Gasteiger partial charge in [-0.2, -0.15) is 5.26 Å². The summed E-state index contributed by atoms with van der Waals surface area (Å²) < 4.78 is 6.88. The van der Waals surface area contributed by atoms with Crippen molar-refractivity contribution in [3.05, 3.63) is 33.8 Å². The summed E-state index contributed by atoms with van der Waals surface area (Å²) in [4.78, 5) is 4.84. The van der Waals surface area contributed by atoms with Crippen LogP contribution >= 0.6 is 15.9 Å². The van der Waals surface area contributed by atoms with Crippen LogP contribution in [-0.4, -0.2) is 55.2 Å². The number of likely N-dealkylation sites (tertiary alicyclic amines) is 1. The molecule has 0 aliphatic carbocycles. The molecule has 2 aliphatic rings. The molecule has 5 heteroatoms. The minimum Gasteiger partial charge on any atom is -0.374 e. The number of halogens is 1. The second kappa shape index (κ2) is 5.82. The number of rotatable bonds is 2. The molecule has 1 aromatic carbocycles. The predicted octanol–water partition coefficient (Wildman–Crippen LogP) is 1.84. The molecule has 20 heavy (non-hydrogen) atoms. The zero-order chi connectivity index (χ0) is 14.1. The summed E-state index contributed by atoms with van der Waals surface area (Å²) in [7, 11) is 2.18. The quantitative estimate of drug-likeness (QED) is 0.826. The van der Waals surface area contributed by atoms with Crippen molar-refractivity contribution in [3.63, 3.8) is 0 Å². The molecule has 2 saturated heterocycles. The Morgan fingerprint density at radius 2 is 2.30 bits per heavy atom. The normalized spacial score (nSPS) is 27.2. The lowest BCUT2D eigenvalue weighted by Gasteiger charge is -2.33. The first-order valence-electron chi connectivity index (χ1n) is 6.90. The molecule has 2 fully saturated rings. The lowest BCUT2D eigenvalue weighted by molar-refractivity contribution is -0.0370. The fourth-order valence-corrected chi connectivity index (χ4v) is 3.55.